The van der Waals surface area contributed by atoms with E-state index in [0.717, 1.165) is 0 Å². The number of carbonyl (C=O) groups excluding carboxylic acids is 4. The number of rotatable bonds is 8. The molecule has 0 aromatic rings. The van der Waals surface area contributed by atoms with Gasteiger partial charge in [0.2, 0.25) is 0 Å². The number of hydrogen-bond acceptors (Lipinski definition) is 5. The van der Waals surface area contributed by atoms with Gasteiger partial charge in [0, 0.05) is 32.4 Å². The molecule has 1 aliphatic carbocycles. The van der Waals surface area contributed by atoms with Gasteiger partial charge in [-0.1, -0.05) is 19.1 Å². The number of ether oxygens (including phenoxy) is 1. The Morgan fingerprint density at radius 3 is 2.13 bits per heavy atom. The van der Waals surface area contributed by atoms with Gasteiger partial charge in [0.25, 0.3) is 0 Å². The fourth-order valence-electron chi connectivity index (χ4n) is 2.52. The summed E-state index contributed by atoms with van der Waals surface area (Å²) in [6.07, 6.45) is 2.23. The third-order valence-electron chi connectivity index (χ3n) is 3.54. The fourth-order valence-corrected chi connectivity index (χ4v) is 2.52. The summed E-state index contributed by atoms with van der Waals surface area (Å²) >= 11 is 0. The topological polar surface area (TPSA) is 80.8 Å². The molecule has 0 aliphatic heterocycles. The Labute approximate surface area is 136 Å². The monoisotopic (exact) mass is 321 g/mol. The van der Waals surface area contributed by atoms with Crippen LogP contribution in [0.1, 0.15) is 32.6 Å². The maximum Gasteiger partial charge on any atom is 0.410 e. The summed E-state index contributed by atoms with van der Waals surface area (Å²) in [6, 6.07) is 0. The van der Waals surface area contributed by atoms with Crippen molar-refractivity contribution in [1.82, 2.24) is 4.90 Å². The normalized spacial score (nSPS) is 20.7. The standard InChI is InChI=1S/C17H23NO5/c1-4-7-13(19)16-14(20)10-12(11-15(16)21)23-17(22)18(8-5-2)9-6-3/h5-6,12,16H,2-4,7-11H2,1H3. The largest absolute Gasteiger partial charge is 0.445 e. The number of hydrogen-bond donors (Lipinski definition) is 0. The molecule has 1 saturated carbocycles. The molecule has 0 N–H and O–H groups in total. The lowest BCUT2D eigenvalue weighted by molar-refractivity contribution is -0.145. The van der Waals surface area contributed by atoms with Gasteiger partial charge in [-0.25, -0.2) is 4.79 Å². The van der Waals surface area contributed by atoms with Gasteiger partial charge in [0.1, 0.15) is 12.0 Å². The zero-order chi connectivity index (χ0) is 17.4. The molecule has 6 nitrogen and oxygen atoms in total. The van der Waals surface area contributed by atoms with E-state index >= 15 is 0 Å². The van der Waals surface area contributed by atoms with E-state index in [1.165, 1.54) is 4.90 Å². The zero-order valence-electron chi connectivity index (χ0n) is 13.5. The van der Waals surface area contributed by atoms with E-state index in [1.807, 2.05) is 6.92 Å². The second-order valence-electron chi connectivity index (χ2n) is 5.48. The van der Waals surface area contributed by atoms with Crippen molar-refractivity contribution >= 4 is 23.4 Å². The highest BCUT2D eigenvalue weighted by Crippen LogP contribution is 2.23. The van der Waals surface area contributed by atoms with Crippen molar-refractivity contribution < 1.29 is 23.9 Å². The van der Waals surface area contributed by atoms with Crippen LogP contribution in [0.25, 0.3) is 0 Å². The lowest BCUT2D eigenvalue weighted by atomic mass is 9.81. The molecule has 0 aromatic heterocycles. The summed E-state index contributed by atoms with van der Waals surface area (Å²) in [5, 5.41) is 0. The van der Waals surface area contributed by atoms with Gasteiger partial charge in [-0.15, -0.1) is 13.2 Å². The van der Waals surface area contributed by atoms with Crippen LogP contribution in [0.5, 0.6) is 0 Å². The first-order valence-corrected chi connectivity index (χ1v) is 7.70. The highest BCUT2D eigenvalue weighted by atomic mass is 16.6. The molecule has 0 radical (unpaired) electrons. The van der Waals surface area contributed by atoms with Crippen LogP contribution in [0.15, 0.2) is 25.3 Å². The van der Waals surface area contributed by atoms with Crippen LogP contribution in [0.2, 0.25) is 0 Å². The van der Waals surface area contributed by atoms with Crippen LogP contribution in [0, 0.1) is 5.92 Å². The van der Waals surface area contributed by atoms with Crippen molar-refractivity contribution in [2.75, 3.05) is 13.1 Å². The van der Waals surface area contributed by atoms with Crippen LogP contribution >= 0.6 is 0 Å². The van der Waals surface area contributed by atoms with Crippen molar-refractivity contribution in [2.24, 2.45) is 5.92 Å². The van der Waals surface area contributed by atoms with Crippen LogP contribution in [0.4, 0.5) is 4.79 Å². The van der Waals surface area contributed by atoms with Crippen molar-refractivity contribution in [3.63, 3.8) is 0 Å². The van der Waals surface area contributed by atoms with E-state index in [9.17, 15) is 19.2 Å². The van der Waals surface area contributed by atoms with Gasteiger partial charge < -0.3 is 9.64 Å². The second-order valence-corrected chi connectivity index (χ2v) is 5.48. The average molecular weight is 321 g/mol. The summed E-state index contributed by atoms with van der Waals surface area (Å²) in [4.78, 5) is 49.3. The average Bonchev–Trinajstić information content (AvgIpc) is 2.46. The van der Waals surface area contributed by atoms with Crippen LogP contribution in [-0.4, -0.2) is 47.5 Å². The maximum absolute atomic E-state index is 12.1. The Kier molecular flexibility index (Phi) is 7.38. The van der Waals surface area contributed by atoms with Crippen LogP contribution < -0.4 is 0 Å². The lowest BCUT2D eigenvalue weighted by Crippen LogP contribution is -2.44. The summed E-state index contributed by atoms with van der Waals surface area (Å²) < 4.78 is 5.23. The van der Waals surface area contributed by atoms with Gasteiger partial charge >= 0.3 is 6.09 Å². The second kappa shape index (κ2) is 9.02. The summed E-state index contributed by atoms with van der Waals surface area (Å²) in [5.41, 5.74) is 0. The maximum atomic E-state index is 12.1. The predicted molar refractivity (Wildman–Crippen MR) is 84.9 cm³/mol. The van der Waals surface area contributed by atoms with Crippen LogP contribution in [0.3, 0.4) is 0 Å². The first kappa shape index (κ1) is 18.8. The highest BCUT2D eigenvalue weighted by molar-refractivity contribution is 6.20. The molecule has 0 bridgehead atoms. The minimum absolute atomic E-state index is 0.104. The molecule has 0 aromatic carbocycles. The molecule has 1 aliphatic rings. The molecule has 1 amide bonds. The van der Waals surface area contributed by atoms with E-state index in [-0.39, 0.29) is 38.1 Å². The third-order valence-corrected chi connectivity index (χ3v) is 3.54. The number of nitrogens with zero attached hydrogens (tertiary/aromatic N) is 1. The van der Waals surface area contributed by atoms with E-state index in [1.54, 1.807) is 12.2 Å². The lowest BCUT2D eigenvalue weighted by Gasteiger charge is -2.28. The smallest absolute Gasteiger partial charge is 0.410 e. The Hall–Kier alpha value is -2.24. The summed E-state index contributed by atoms with van der Waals surface area (Å²) in [6.45, 7) is 9.47. The molecule has 0 unspecified atom stereocenters. The van der Waals surface area contributed by atoms with Crippen LogP contribution in [-0.2, 0) is 19.1 Å². The van der Waals surface area contributed by atoms with E-state index < -0.39 is 29.7 Å². The molecular formula is C17H23NO5. The first-order valence-electron chi connectivity index (χ1n) is 7.70. The van der Waals surface area contributed by atoms with Crippen molar-refractivity contribution in [2.45, 2.75) is 38.7 Å². The summed E-state index contributed by atoms with van der Waals surface area (Å²) in [7, 11) is 0. The predicted octanol–water partition coefficient (Wildman–Crippen LogP) is 2.08. The van der Waals surface area contributed by atoms with Gasteiger partial charge in [-0.05, 0) is 6.42 Å². The number of Topliss-reactive ketones (excluding diaryl/α,β-unsaturated/α-hetero) is 3. The van der Waals surface area contributed by atoms with E-state index in [2.05, 4.69) is 13.2 Å². The Morgan fingerprint density at radius 1 is 1.17 bits per heavy atom. The molecule has 0 atom stereocenters. The zero-order valence-corrected chi connectivity index (χ0v) is 13.5. The van der Waals surface area contributed by atoms with Gasteiger partial charge in [0.15, 0.2) is 17.3 Å². The highest BCUT2D eigenvalue weighted by Gasteiger charge is 2.41. The molecule has 1 rings (SSSR count). The van der Waals surface area contributed by atoms with E-state index in [0.29, 0.717) is 6.42 Å². The minimum atomic E-state index is -1.18. The Bertz CT molecular complexity index is 483. The molecule has 1 fully saturated rings. The van der Waals surface area contributed by atoms with Gasteiger partial charge in [0.05, 0.1) is 0 Å². The fraction of sp³-hybridized carbons (Fsp3) is 0.529. The molecule has 0 saturated heterocycles. The molecule has 6 heteroatoms. The van der Waals surface area contributed by atoms with Crippen molar-refractivity contribution in [3.8, 4) is 0 Å². The quantitative estimate of drug-likeness (QED) is 0.505. The molecule has 0 spiro atoms. The number of amides is 1. The first-order chi connectivity index (χ1) is 10.9. The van der Waals surface area contributed by atoms with E-state index in [4.69, 9.17) is 4.74 Å². The molecule has 23 heavy (non-hydrogen) atoms. The number of carbonyl (C=O) groups is 4. The SMILES string of the molecule is C=CCN(CC=C)C(=O)OC1CC(=O)C(C(=O)CCC)C(=O)C1. The van der Waals surface area contributed by atoms with Crippen molar-refractivity contribution in [1.29, 1.82) is 0 Å². The third kappa shape index (κ3) is 5.16. The van der Waals surface area contributed by atoms with Gasteiger partial charge in [-0.2, -0.15) is 0 Å². The molecule has 126 valence electrons. The molecular weight excluding hydrogens is 298 g/mol. The summed E-state index contributed by atoms with van der Waals surface area (Å²) in [5.74, 6) is -2.44. The van der Waals surface area contributed by atoms with Crippen molar-refractivity contribution in [3.05, 3.63) is 25.3 Å². The Balaban J connectivity index is 2.68. The Morgan fingerprint density at radius 2 is 1.70 bits per heavy atom. The minimum Gasteiger partial charge on any atom is -0.445 e. The number of ketones is 3. The van der Waals surface area contributed by atoms with Gasteiger partial charge in [-0.3, -0.25) is 14.4 Å². The molecule has 0 heterocycles.